The average molecular weight is 559 g/mol. The van der Waals surface area contributed by atoms with Gasteiger partial charge in [-0.25, -0.2) is 0 Å². The molecule has 0 saturated heterocycles. The smallest absolute Gasteiger partial charge is 0.0613 e. The Labute approximate surface area is 209 Å². The van der Waals surface area contributed by atoms with Crippen LogP contribution in [-0.2, 0) is 4.74 Å². The van der Waals surface area contributed by atoms with Crippen LogP contribution in [0.2, 0.25) is 0 Å². The molecule has 0 aliphatic heterocycles. The third-order valence-corrected chi connectivity index (χ3v) is 12.0. The highest BCUT2D eigenvalue weighted by Gasteiger charge is 2.58. The lowest BCUT2D eigenvalue weighted by Gasteiger charge is -2.58. The fraction of sp³-hybridized carbons (Fsp3) is 0.929. The molecular formula is C28H47IOS. The van der Waals surface area contributed by atoms with E-state index in [9.17, 15) is 0 Å². The van der Waals surface area contributed by atoms with Gasteiger partial charge in [0.2, 0.25) is 0 Å². The number of halogens is 1. The van der Waals surface area contributed by atoms with Crippen LogP contribution in [0.25, 0.3) is 0 Å². The van der Waals surface area contributed by atoms with E-state index in [-0.39, 0.29) is 0 Å². The first-order chi connectivity index (χ1) is 14.9. The third-order valence-electron chi connectivity index (χ3n) is 10.4. The van der Waals surface area contributed by atoms with Gasteiger partial charge in [0.05, 0.1) is 12.7 Å². The molecule has 3 fully saturated rings. The average Bonchev–Trinajstić information content (AvgIpc) is 3.08. The van der Waals surface area contributed by atoms with Crippen molar-refractivity contribution in [2.75, 3.05) is 12.4 Å². The summed E-state index contributed by atoms with van der Waals surface area (Å²) in [6.45, 7) is 11.0. The molecule has 0 amide bonds. The van der Waals surface area contributed by atoms with E-state index in [0.29, 0.717) is 16.9 Å². The van der Waals surface area contributed by atoms with Gasteiger partial charge in [0.25, 0.3) is 0 Å². The van der Waals surface area contributed by atoms with Crippen LogP contribution in [-0.4, -0.2) is 18.5 Å². The van der Waals surface area contributed by atoms with Crippen molar-refractivity contribution in [3.8, 4) is 0 Å². The standard InChI is InChI=1S/C28H47IOS/c1-20(2)7-5-6-8-21-10-12-25-24-11-9-22-19-23(30-17-18-31-29)13-15-28(22,4)26(24)14-16-27(21,25)3/h9,20-21,23-26H,5-8,10-19H2,1-4H3. The molecule has 4 rings (SSSR count). The molecule has 4 aliphatic rings. The van der Waals surface area contributed by atoms with E-state index in [1.54, 1.807) is 5.57 Å². The molecule has 0 bridgehead atoms. The van der Waals surface area contributed by atoms with Crippen molar-refractivity contribution < 1.29 is 4.74 Å². The molecule has 0 aromatic carbocycles. The Balaban J connectivity index is 1.40. The minimum atomic E-state index is 0.470. The van der Waals surface area contributed by atoms with Gasteiger partial charge in [-0.05, 0) is 119 Å². The van der Waals surface area contributed by atoms with Crippen molar-refractivity contribution >= 4 is 30.1 Å². The lowest BCUT2D eigenvalue weighted by atomic mass is 9.47. The zero-order valence-corrected chi connectivity index (χ0v) is 23.6. The molecule has 7 atom stereocenters. The molecule has 4 aliphatic carbocycles. The Bertz CT molecular complexity index is 633. The molecule has 0 aromatic heterocycles. The number of hydrogen-bond donors (Lipinski definition) is 0. The number of unbranched alkanes of at least 4 members (excludes halogenated alkanes) is 1. The molecule has 0 spiro atoms. The fourth-order valence-corrected chi connectivity index (χ4v) is 9.24. The summed E-state index contributed by atoms with van der Waals surface area (Å²) in [5.74, 6) is 5.89. The molecule has 3 heteroatoms. The van der Waals surface area contributed by atoms with Crippen molar-refractivity contribution in [1.82, 2.24) is 0 Å². The molecule has 3 saturated carbocycles. The van der Waals surface area contributed by atoms with Crippen LogP contribution >= 0.6 is 30.1 Å². The van der Waals surface area contributed by atoms with Crippen molar-refractivity contribution in [2.45, 2.75) is 111 Å². The van der Waals surface area contributed by atoms with E-state index >= 15 is 0 Å². The molecule has 7 unspecified atom stereocenters. The predicted molar refractivity (Wildman–Crippen MR) is 145 cm³/mol. The molecule has 1 nitrogen and oxygen atoms in total. The molecule has 0 aromatic rings. The summed E-state index contributed by atoms with van der Waals surface area (Å²) < 4.78 is 6.25. The second kappa shape index (κ2) is 10.6. The van der Waals surface area contributed by atoms with Crippen LogP contribution in [0.5, 0.6) is 0 Å². The van der Waals surface area contributed by atoms with Crippen LogP contribution in [0, 0.1) is 40.4 Å². The maximum atomic E-state index is 6.25. The lowest BCUT2D eigenvalue weighted by Crippen LogP contribution is -2.50. The monoisotopic (exact) mass is 558 g/mol. The SMILES string of the molecule is CC(C)CCCCC1CCC2C3CC=C4CC(OCCSI)CCC4(C)C3CCC12C. The van der Waals surface area contributed by atoms with Crippen molar-refractivity contribution in [2.24, 2.45) is 40.4 Å². The number of rotatable bonds is 9. The normalized spacial score (nSPS) is 42.1. The van der Waals surface area contributed by atoms with Gasteiger partial charge in [0.1, 0.15) is 0 Å². The Hall–Kier alpha value is 0.780. The minimum absolute atomic E-state index is 0.470. The Morgan fingerprint density at radius 2 is 1.94 bits per heavy atom. The second-order valence-electron chi connectivity index (χ2n) is 12.3. The number of allylic oxidation sites excluding steroid dienone is 1. The maximum absolute atomic E-state index is 6.25. The summed E-state index contributed by atoms with van der Waals surface area (Å²) in [6.07, 6.45) is 20.3. The summed E-state index contributed by atoms with van der Waals surface area (Å²) in [7, 11) is 1.87. The summed E-state index contributed by atoms with van der Waals surface area (Å²) in [6, 6.07) is 0. The molecule has 0 N–H and O–H groups in total. The predicted octanol–water partition coefficient (Wildman–Crippen LogP) is 9.25. The van der Waals surface area contributed by atoms with Gasteiger partial charge in [-0.15, -0.1) is 0 Å². The van der Waals surface area contributed by atoms with E-state index < -0.39 is 0 Å². The molecule has 0 heterocycles. The van der Waals surface area contributed by atoms with Crippen molar-refractivity contribution in [1.29, 1.82) is 0 Å². The first kappa shape index (κ1) is 24.9. The summed E-state index contributed by atoms with van der Waals surface area (Å²) in [5, 5.41) is 0. The lowest BCUT2D eigenvalue weighted by molar-refractivity contribution is -0.0575. The van der Waals surface area contributed by atoms with Gasteiger partial charge >= 0.3 is 0 Å². The van der Waals surface area contributed by atoms with Gasteiger partial charge in [-0.3, -0.25) is 0 Å². The van der Waals surface area contributed by atoms with E-state index in [1.165, 1.54) is 77.0 Å². The quantitative estimate of drug-likeness (QED) is 0.158. The summed E-state index contributed by atoms with van der Waals surface area (Å²) >= 11 is 2.39. The Kier molecular flexibility index (Phi) is 8.50. The zero-order valence-electron chi connectivity index (χ0n) is 20.6. The second-order valence-corrected chi connectivity index (χ2v) is 14.8. The van der Waals surface area contributed by atoms with Crippen LogP contribution < -0.4 is 0 Å². The fourth-order valence-electron chi connectivity index (χ4n) is 8.54. The van der Waals surface area contributed by atoms with E-state index in [4.69, 9.17) is 4.74 Å². The summed E-state index contributed by atoms with van der Waals surface area (Å²) in [5.41, 5.74) is 2.88. The molecule has 31 heavy (non-hydrogen) atoms. The highest BCUT2D eigenvalue weighted by Crippen LogP contribution is 2.66. The van der Waals surface area contributed by atoms with Crippen molar-refractivity contribution in [3.63, 3.8) is 0 Å². The molecule has 0 radical (unpaired) electrons. The van der Waals surface area contributed by atoms with Crippen LogP contribution in [0.15, 0.2) is 11.6 Å². The van der Waals surface area contributed by atoms with Gasteiger partial charge in [-0.2, -0.15) is 0 Å². The molecular weight excluding hydrogens is 511 g/mol. The zero-order chi connectivity index (χ0) is 22.1. The highest BCUT2D eigenvalue weighted by atomic mass is 127. The number of hydrogen-bond acceptors (Lipinski definition) is 2. The van der Waals surface area contributed by atoms with E-state index in [1.807, 2.05) is 8.93 Å². The van der Waals surface area contributed by atoms with E-state index in [2.05, 4.69) is 55.0 Å². The third kappa shape index (κ3) is 5.09. The van der Waals surface area contributed by atoms with Crippen LogP contribution in [0.3, 0.4) is 0 Å². The van der Waals surface area contributed by atoms with Gasteiger partial charge in [0, 0.05) is 5.75 Å². The first-order valence-electron chi connectivity index (χ1n) is 13.4. The first-order valence-corrected chi connectivity index (χ1v) is 17.0. The van der Waals surface area contributed by atoms with Gasteiger partial charge < -0.3 is 4.74 Å². The van der Waals surface area contributed by atoms with Crippen LogP contribution in [0.4, 0.5) is 0 Å². The van der Waals surface area contributed by atoms with Gasteiger partial charge in [0.15, 0.2) is 0 Å². The minimum Gasteiger partial charge on any atom is -0.377 e. The van der Waals surface area contributed by atoms with Crippen LogP contribution in [0.1, 0.15) is 105 Å². The Morgan fingerprint density at radius 3 is 2.71 bits per heavy atom. The van der Waals surface area contributed by atoms with Crippen molar-refractivity contribution in [3.05, 3.63) is 11.6 Å². The molecule has 178 valence electrons. The number of ether oxygens (including phenoxy) is 1. The van der Waals surface area contributed by atoms with E-state index in [0.717, 1.165) is 41.9 Å². The highest BCUT2D eigenvalue weighted by molar-refractivity contribution is 14.2. The topological polar surface area (TPSA) is 9.23 Å². The van der Waals surface area contributed by atoms with Gasteiger partial charge in [-0.1, -0.05) is 67.5 Å². The Morgan fingerprint density at radius 1 is 1.10 bits per heavy atom. The largest absolute Gasteiger partial charge is 0.377 e. The maximum Gasteiger partial charge on any atom is 0.0613 e. The number of fused-ring (bicyclic) bond motifs is 5. The summed E-state index contributed by atoms with van der Waals surface area (Å²) in [4.78, 5) is 0.